The molecule has 0 heterocycles. The van der Waals surface area contributed by atoms with Crippen LogP contribution in [0.25, 0.3) is 6.08 Å². The predicted octanol–water partition coefficient (Wildman–Crippen LogP) is 4.40. The van der Waals surface area contributed by atoms with E-state index in [9.17, 15) is 4.79 Å². The summed E-state index contributed by atoms with van der Waals surface area (Å²) in [5.41, 5.74) is 1.52. The van der Waals surface area contributed by atoms with Crippen LogP contribution in [0.2, 0.25) is 0 Å². The van der Waals surface area contributed by atoms with Gasteiger partial charge in [-0.25, -0.2) is 0 Å². The largest absolute Gasteiger partial charge is 0.493 e. The van der Waals surface area contributed by atoms with Crippen molar-refractivity contribution in [2.45, 2.75) is 13.3 Å². The Morgan fingerprint density at radius 1 is 0.923 bits per heavy atom. The van der Waals surface area contributed by atoms with Gasteiger partial charge in [0.15, 0.2) is 29.3 Å². The molecule has 0 aliphatic heterocycles. The summed E-state index contributed by atoms with van der Waals surface area (Å²) in [7, 11) is 3.16. The Hall–Kier alpha value is -2.95. The van der Waals surface area contributed by atoms with Crippen molar-refractivity contribution in [3.63, 3.8) is 0 Å². The van der Waals surface area contributed by atoms with Crippen LogP contribution in [-0.2, 0) is 0 Å². The molecule has 0 N–H and O–H groups in total. The molecule has 0 unspecified atom stereocenters. The molecule has 138 valence electrons. The molecule has 2 rings (SSSR count). The van der Waals surface area contributed by atoms with E-state index in [1.165, 1.54) is 0 Å². The Morgan fingerprint density at radius 3 is 2.38 bits per heavy atom. The van der Waals surface area contributed by atoms with Crippen LogP contribution in [0.5, 0.6) is 23.0 Å². The highest BCUT2D eigenvalue weighted by molar-refractivity contribution is 5.81. The molecule has 5 heteroatoms. The third-order valence-corrected chi connectivity index (χ3v) is 3.70. The zero-order chi connectivity index (χ0) is 18.8. The molecule has 0 spiro atoms. The number of ether oxygens (including phenoxy) is 4. The van der Waals surface area contributed by atoms with Gasteiger partial charge in [0.1, 0.15) is 0 Å². The van der Waals surface area contributed by atoms with Crippen LogP contribution >= 0.6 is 0 Å². The van der Waals surface area contributed by atoms with E-state index < -0.39 is 0 Å². The summed E-state index contributed by atoms with van der Waals surface area (Å²) in [6.45, 7) is 2.83. The first-order valence-electron chi connectivity index (χ1n) is 8.42. The van der Waals surface area contributed by atoms with Gasteiger partial charge in [0.2, 0.25) is 0 Å². The van der Waals surface area contributed by atoms with Crippen molar-refractivity contribution in [2.24, 2.45) is 0 Å². The zero-order valence-corrected chi connectivity index (χ0v) is 15.4. The van der Waals surface area contributed by atoms with Crippen molar-refractivity contribution < 1.29 is 23.7 Å². The van der Waals surface area contributed by atoms with Crippen molar-refractivity contribution in [3.05, 3.63) is 53.6 Å². The van der Waals surface area contributed by atoms with E-state index in [1.807, 2.05) is 37.3 Å². The van der Waals surface area contributed by atoms with Gasteiger partial charge in [-0.1, -0.05) is 24.3 Å². The maximum Gasteiger partial charge on any atom is 0.171 e. The number of carbonyl (C=O) groups excluding carboxylic acids is 1. The van der Waals surface area contributed by atoms with E-state index in [0.29, 0.717) is 48.2 Å². The van der Waals surface area contributed by atoms with E-state index in [2.05, 4.69) is 0 Å². The number of benzene rings is 2. The minimum atomic E-state index is 0.403. The summed E-state index contributed by atoms with van der Waals surface area (Å²) in [6.07, 6.45) is 5.37. The van der Waals surface area contributed by atoms with Gasteiger partial charge in [0.05, 0.1) is 33.0 Å². The topological polar surface area (TPSA) is 54.0 Å². The molecule has 0 saturated heterocycles. The fourth-order valence-electron chi connectivity index (χ4n) is 2.46. The maximum atomic E-state index is 11.1. The first-order valence-corrected chi connectivity index (χ1v) is 8.42. The van der Waals surface area contributed by atoms with Crippen molar-refractivity contribution in [1.82, 2.24) is 0 Å². The summed E-state index contributed by atoms with van der Waals surface area (Å²) < 4.78 is 22.1. The molecular weight excluding hydrogens is 332 g/mol. The summed E-state index contributed by atoms with van der Waals surface area (Å²) in [5, 5.41) is 0. The zero-order valence-electron chi connectivity index (χ0n) is 15.4. The first-order chi connectivity index (χ1) is 12.7. The van der Waals surface area contributed by atoms with Gasteiger partial charge >= 0.3 is 0 Å². The Kier molecular flexibility index (Phi) is 7.55. The van der Waals surface area contributed by atoms with Crippen molar-refractivity contribution in [2.75, 3.05) is 27.4 Å². The van der Waals surface area contributed by atoms with Gasteiger partial charge in [0, 0.05) is 6.42 Å². The smallest absolute Gasteiger partial charge is 0.171 e. The number of carbonyl (C=O) groups is 1. The third-order valence-electron chi connectivity index (χ3n) is 3.70. The fraction of sp³-hybridized carbons (Fsp3) is 0.286. The number of rotatable bonds is 10. The normalized spacial score (nSPS) is 10.6. The minimum Gasteiger partial charge on any atom is -0.493 e. The third kappa shape index (κ3) is 5.02. The number of aldehydes is 1. The molecule has 0 aromatic heterocycles. The van der Waals surface area contributed by atoms with Crippen LogP contribution in [0.15, 0.2) is 42.5 Å². The van der Waals surface area contributed by atoms with Crippen LogP contribution in [0.1, 0.15) is 29.3 Å². The molecule has 0 amide bonds. The lowest BCUT2D eigenvalue weighted by molar-refractivity contribution is 0.111. The molecule has 0 radical (unpaired) electrons. The fourth-order valence-corrected chi connectivity index (χ4v) is 2.46. The van der Waals surface area contributed by atoms with E-state index in [0.717, 1.165) is 11.8 Å². The Bertz CT molecular complexity index is 752. The van der Waals surface area contributed by atoms with Gasteiger partial charge in [-0.3, -0.25) is 4.79 Å². The minimum absolute atomic E-state index is 0.403. The number of hydrogen-bond acceptors (Lipinski definition) is 5. The lowest BCUT2D eigenvalue weighted by Crippen LogP contribution is -2.07. The Labute approximate surface area is 154 Å². The monoisotopic (exact) mass is 356 g/mol. The van der Waals surface area contributed by atoms with Crippen LogP contribution < -0.4 is 18.9 Å². The standard InChI is InChI=1S/C21H24O5/c1-4-7-16-10-11-18(20(14-16)24-3)25-12-6-13-26-21-17(15-22)8-5-9-19(21)23-2/h4-5,7-11,14-15H,6,12-13H2,1-3H3. The van der Waals surface area contributed by atoms with Crippen LogP contribution in [0, 0.1) is 0 Å². The van der Waals surface area contributed by atoms with Crippen LogP contribution in [-0.4, -0.2) is 33.7 Å². The molecule has 0 fully saturated rings. The second kappa shape index (κ2) is 10.1. The molecule has 0 aliphatic rings. The van der Waals surface area contributed by atoms with E-state index in [-0.39, 0.29) is 0 Å². The van der Waals surface area contributed by atoms with Gasteiger partial charge in [0.25, 0.3) is 0 Å². The molecule has 0 saturated carbocycles. The van der Waals surface area contributed by atoms with Gasteiger partial charge in [-0.2, -0.15) is 0 Å². The highest BCUT2D eigenvalue weighted by Gasteiger charge is 2.10. The molecule has 5 nitrogen and oxygen atoms in total. The molecule has 0 bridgehead atoms. The Balaban J connectivity index is 1.89. The Morgan fingerprint density at radius 2 is 1.69 bits per heavy atom. The van der Waals surface area contributed by atoms with Gasteiger partial charge < -0.3 is 18.9 Å². The average molecular weight is 356 g/mol. The lowest BCUT2D eigenvalue weighted by Gasteiger charge is -2.14. The summed E-state index contributed by atoms with van der Waals surface area (Å²) in [5.74, 6) is 2.37. The average Bonchev–Trinajstić information content (AvgIpc) is 2.68. The number of allylic oxidation sites excluding steroid dienone is 1. The van der Waals surface area contributed by atoms with Crippen molar-refractivity contribution >= 4 is 12.4 Å². The second-order valence-corrected chi connectivity index (χ2v) is 5.46. The molecular formula is C21H24O5. The second-order valence-electron chi connectivity index (χ2n) is 5.46. The first kappa shape index (κ1) is 19.4. The van der Waals surface area contributed by atoms with E-state index in [4.69, 9.17) is 18.9 Å². The lowest BCUT2D eigenvalue weighted by atomic mass is 10.2. The molecule has 0 atom stereocenters. The number of methoxy groups -OCH3 is 2. The molecule has 2 aromatic rings. The highest BCUT2D eigenvalue weighted by atomic mass is 16.5. The van der Waals surface area contributed by atoms with Gasteiger partial charge in [-0.05, 0) is 36.8 Å². The SMILES string of the molecule is CC=Cc1ccc(OCCCOc2c(C=O)cccc2OC)c(OC)c1. The van der Waals surface area contributed by atoms with Gasteiger partial charge in [-0.15, -0.1) is 0 Å². The number of para-hydroxylation sites is 1. The molecule has 26 heavy (non-hydrogen) atoms. The molecule has 0 aliphatic carbocycles. The van der Waals surface area contributed by atoms with E-state index in [1.54, 1.807) is 32.4 Å². The summed E-state index contributed by atoms with van der Waals surface area (Å²) in [4.78, 5) is 11.1. The quantitative estimate of drug-likeness (QED) is 0.467. The molecule has 2 aromatic carbocycles. The van der Waals surface area contributed by atoms with Crippen molar-refractivity contribution in [3.8, 4) is 23.0 Å². The van der Waals surface area contributed by atoms with Crippen molar-refractivity contribution in [1.29, 1.82) is 0 Å². The predicted molar refractivity (Wildman–Crippen MR) is 102 cm³/mol. The summed E-state index contributed by atoms with van der Waals surface area (Å²) in [6, 6.07) is 11.0. The van der Waals surface area contributed by atoms with Crippen LogP contribution in [0.3, 0.4) is 0 Å². The summed E-state index contributed by atoms with van der Waals surface area (Å²) >= 11 is 0. The maximum absolute atomic E-state index is 11.1. The van der Waals surface area contributed by atoms with Crippen LogP contribution in [0.4, 0.5) is 0 Å². The highest BCUT2D eigenvalue weighted by Crippen LogP contribution is 2.31. The van der Waals surface area contributed by atoms with E-state index >= 15 is 0 Å². The number of hydrogen-bond donors (Lipinski definition) is 0.